The number of hydrogen-bond donors (Lipinski definition) is 1. The number of fused-ring (bicyclic) bond motifs is 2. The number of anilines is 1. The van der Waals surface area contributed by atoms with Crippen LogP contribution in [0.3, 0.4) is 0 Å². The summed E-state index contributed by atoms with van der Waals surface area (Å²) in [6.07, 6.45) is 1.33. The zero-order chi connectivity index (χ0) is 12.0. The van der Waals surface area contributed by atoms with Crippen LogP contribution in [0.25, 0.3) is 0 Å². The SMILES string of the molecule is O=C1Nc2ccccc2S(=O)(=O)N2CCCC12. The lowest BCUT2D eigenvalue weighted by Crippen LogP contribution is -2.40. The van der Waals surface area contributed by atoms with Gasteiger partial charge in [0.15, 0.2) is 0 Å². The van der Waals surface area contributed by atoms with Crippen molar-refractivity contribution in [2.45, 2.75) is 23.8 Å². The molecule has 0 bridgehead atoms. The molecular weight excluding hydrogens is 240 g/mol. The Labute approximate surface area is 99.5 Å². The lowest BCUT2D eigenvalue weighted by atomic mass is 10.2. The van der Waals surface area contributed by atoms with Crippen molar-refractivity contribution < 1.29 is 13.2 Å². The number of rotatable bonds is 0. The number of carbonyl (C=O) groups is 1. The topological polar surface area (TPSA) is 66.5 Å². The van der Waals surface area contributed by atoms with Gasteiger partial charge in [-0.05, 0) is 25.0 Å². The van der Waals surface area contributed by atoms with Gasteiger partial charge in [0.05, 0.1) is 5.69 Å². The van der Waals surface area contributed by atoms with Gasteiger partial charge in [0.25, 0.3) is 0 Å². The van der Waals surface area contributed by atoms with Gasteiger partial charge in [-0.3, -0.25) is 4.79 Å². The molecule has 3 rings (SSSR count). The minimum Gasteiger partial charge on any atom is -0.323 e. The van der Waals surface area contributed by atoms with E-state index in [2.05, 4.69) is 5.32 Å². The summed E-state index contributed by atoms with van der Waals surface area (Å²) >= 11 is 0. The average Bonchev–Trinajstić information content (AvgIpc) is 2.76. The summed E-state index contributed by atoms with van der Waals surface area (Å²) in [5, 5.41) is 2.69. The second-order valence-electron chi connectivity index (χ2n) is 4.26. The highest BCUT2D eigenvalue weighted by Crippen LogP contribution is 2.33. The molecule has 2 heterocycles. The fourth-order valence-corrected chi connectivity index (χ4v) is 4.23. The Morgan fingerprint density at radius 3 is 2.88 bits per heavy atom. The van der Waals surface area contributed by atoms with E-state index in [4.69, 9.17) is 0 Å². The molecule has 1 saturated heterocycles. The Morgan fingerprint density at radius 2 is 2.06 bits per heavy atom. The third kappa shape index (κ3) is 1.48. The van der Waals surface area contributed by atoms with Gasteiger partial charge in [-0.2, -0.15) is 4.31 Å². The number of para-hydroxylation sites is 1. The van der Waals surface area contributed by atoms with E-state index in [-0.39, 0.29) is 10.8 Å². The van der Waals surface area contributed by atoms with Crippen molar-refractivity contribution in [1.82, 2.24) is 4.31 Å². The first-order chi connectivity index (χ1) is 8.10. The molecule has 2 aliphatic rings. The fraction of sp³-hybridized carbons (Fsp3) is 0.364. The van der Waals surface area contributed by atoms with Crippen molar-refractivity contribution in [3.8, 4) is 0 Å². The summed E-state index contributed by atoms with van der Waals surface area (Å²) in [4.78, 5) is 12.1. The predicted octanol–water partition coefficient (Wildman–Crippen LogP) is 0.792. The van der Waals surface area contributed by atoms with Crippen LogP contribution in [0.1, 0.15) is 12.8 Å². The minimum atomic E-state index is -3.54. The van der Waals surface area contributed by atoms with E-state index in [0.29, 0.717) is 18.7 Å². The summed E-state index contributed by atoms with van der Waals surface area (Å²) < 4.78 is 26.1. The first-order valence-electron chi connectivity index (χ1n) is 5.52. The maximum absolute atomic E-state index is 12.4. The second-order valence-corrected chi connectivity index (χ2v) is 6.12. The lowest BCUT2D eigenvalue weighted by Gasteiger charge is -2.18. The molecule has 1 N–H and O–H groups in total. The Morgan fingerprint density at radius 1 is 1.29 bits per heavy atom. The van der Waals surface area contributed by atoms with Gasteiger partial charge in [0.2, 0.25) is 15.9 Å². The molecule has 1 amide bonds. The number of nitrogens with zero attached hydrogens (tertiary/aromatic N) is 1. The van der Waals surface area contributed by atoms with Crippen LogP contribution < -0.4 is 5.32 Å². The molecule has 1 aromatic rings. The highest BCUT2D eigenvalue weighted by atomic mass is 32.2. The van der Waals surface area contributed by atoms with E-state index >= 15 is 0 Å². The number of carbonyl (C=O) groups excluding carboxylic acids is 1. The van der Waals surface area contributed by atoms with Gasteiger partial charge >= 0.3 is 0 Å². The van der Waals surface area contributed by atoms with Crippen LogP contribution in [0.2, 0.25) is 0 Å². The molecule has 0 radical (unpaired) electrons. The van der Waals surface area contributed by atoms with Crippen LogP contribution in [0.5, 0.6) is 0 Å². The van der Waals surface area contributed by atoms with E-state index in [0.717, 1.165) is 6.42 Å². The average molecular weight is 252 g/mol. The van der Waals surface area contributed by atoms with Crippen LogP contribution in [0.4, 0.5) is 5.69 Å². The minimum absolute atomic E-state index is 0.192. The van der Waals surface area contributed by atoms with Gasteiger partial charge in [0.1, 0.15) is 10.9 Å². The number of benzene rings is 1. The van der Waals surface area contributed by atoms with Gasteiger partial charge in [-0.1, -0.05) is 12.1 Å². The Hall–Kier alpha value is -1.40. The first-order valence-corrected chi connectivity index (χ1v) is 6.96. The molecule has 1 aromatic carbocycles. The quantitative estimate of drug-likeness (QED) is 0.742. The van der Waals surface area contributed by atoms with E-state index in [1.807, 2.05) is 0 Å². The molecule has 1 unspecified atom stereocenters. The van der Waals surface area contributed by atoms with Crippen molar-refractivity contribution in [3.05, 3.63) is 24.3 Å². The van der Waals surface area contributed by atoms with Crippen molar-refractivity contribution in [2.75, 3.05) is 11.9 Å². The Balaban J connectivity index is 2.23. The highest BCUT2D eigenvalue weighted by molar-refractivity contribution is 7.89. The van der Waals surface area contributed by atoms with Crippen molar-refractivity contribution in [3.63, 3.8) is 0 Å². The van der Waals surface area contributed by atoms with Crippen molar-refractivity contribution >= 4 is 21.6 Å². The van der Waals surface area contributed by atoms with Crippen LogP contribution in [0, 0.1) is 0 Å². The molecule has 0 aliphatic carbocycles. The third-order valence-electron chi connectivity index (χ3n) is 3.24. The monoisotopic (exact) mass is 252 g/mol. The van der Waals surface area contributed by atoms with Crippen LogP contribution >= 0.6 is 0 Å². The van der Waals surface area contributed by atoms with E-state index in [9.17, 15) is 13.2 Å². The number of nitrogens with one attached hydrogen (secondary N) is 1. The summed E-state index contributed by atoms with van der Waals surface area (Å²) in [6.45, 7) is 0.425. The van der Waals surface area contributed by atoms with Crippen LogP contribution in [0.15, 0.2) is 29.2 Å². The molecular formula is C11H12N2O3S. The number of sulfonamides is 1. The van der Waals surface area contributed by atoms with Gasteiger partial charge < -0.3 is 5.32 Å². The molecule has 0 aromatic heterocycles. The number of amides is 1. The molecule has 0 saturated carbocycles. The molecule has 2 aliphatic heterocycles. The summed E-state index contributed by atoms with van der Waals surface area (Å²) in [6, 6.07) is 5.98. The van der Waals surface area contributed by atoms with Crippen LogP contribution in [-0.2, 0) is 14.8 Å². The lowest BCUT2D eigenvalue weighted by molar-refractivity contribution is -0.119. The largest absolute Gasteiger partial charge is 0.323 e. The summed E-state index contributed by atoms with van der Waals surface area (Å²) in [5.74, 6) is -0.226. The molecule has 1 atom stereocenters. The zero-order valence-corrected chi connectivity index (χ0v) is 9.90. The molecule has 0 spiro atoms. The zero-order valence-electron chi connectivity index (χ0n) is 9.09. The fourth-order valence-electron chi connectivity index (χ4n) is 2.43. The smallest absolute Gasteiger partial charge is 0.245 e. The van der Waals surface area contributed by atoms with Gasteiger partial charge in [-0.25, -0.2) is 8.42 Å². The Kier molecular flexibility index (Phi) is 2.24. The Bertz CT molecular complexity index is 582. The number of hydrogen-bond acceptors (Lipinski definition) is 3. The predicted molar refractivity (Wildman–Crippen MR) is 62.0 cm³/mol. The molecule has 1 fully saturated rings. The highest BCUT2D eigenvalue weighted by Gasteiger charge is 2.42. The van der Waals surface area contributed by atoms with Gasteiger partial charge in [-0.15, -0.1) is 0 Å². The van der Waals surface area contributed by atoms with Crippen molar-refractivity contribution in [2.24, 2.45) is 0 Å². The second kappa shape index (κ2) is 3.54. The standard InChI is InChI=1S/C11H12N2O3S/c14-11-9-5-3-7-13(9)17(15,16)10-6-2-1-4-8(10)12-11/h1-2,4,6,9H,3,5,7H2,(H,12,14). The molecule has 90 valence electrons. The third-order valence-corrected chi connectivity index (χ3v) is 5.20. The van der Waals surface area contributed by atoms with E-state index in [1.165, 1.54) is 10.4 Å². The molecule has 5 nitrogen and oxygen atoms in total. The maximum atomic E-state index is 12.4. The van der Waals surface area contributed by atoms with E-state index < -0.39 is 16.1 Å². The maximum Gasteiger partial charge on any atom is 0.245 e. The summed E-state index contributed by atoms with van der Waals surface area (Å²) in [7, 11) is -3.54. The van der Waals surface area contributed by atoms with E-state index in [1.54, 1.807) is 18.2 Å². The molecule has 17 heavy (non-hydrogen) atoms. The van der Waals surface area contributed by atoms with Gasteiger partial charge in [0, 0.05) is 6.54 Å². The van der Waals surface area contributed by atoms with Crippen molar-refractivity contribution in [1.29, 1.82) is 0 Å². The first kappa shape index (κ1) is 10.7. The normalized spacial score (nSPS) is 26.8. The molecule has 6 heteroatoms. The summed E-state index contributed by atoms with van der Waals surface area (Å²) in [5.41, 5.74) is 0.381. The van der Waals surface area contributed by atoms with Crippen LogP contribution in [-0.4, -0.2) is 31.2 Å².